The molecule has 0 unspecified atom stereocenters. The molecule has 0 saturated carbocycles. The zero-order valence-electron chi connectivity index (χ0n) is 6.35. The van der Waals surface area contributed by atoms with Gasteiger partial charge in [-0.1, -0.05) is 0 Å². The Balaban J connectivity index is -0.000000376. The summed E-state index contributed by atoms with van der Waals surface area (Å²) in [6, 6.07) is 0. The smallest absolute Gasteiger partial charge is 0.281 e. The summed E-state index contributed by atoms with van der Waals surface area (Å²) in [5.74, 6) is 0. The summed E-state index contributed by atoms with van der Waals surface area (Å²) in [6.45, 7) is 4.50. The Kier molecular flexibility index (Phi) is 8.57. The van der Waals surface area contributed by atoms with Gasteiger partial charge >= 0.3 is 80.0 Å². The molecule has 8 heteroatoms. The van der Waals surface area contributed by atoms with E-state index in [0.717, 1.165) is 0 Å². The van der Waals surface area contributed by atoms with Crippen LogP contribution in [0.2, 0.25) is 0 Å². The number of hydrogen-bond acceptors (Lipinski definition) is 6. The molecule has 0 fully saturated rings. The maximum Gasteiger partial charge on any atom is 3.00 e. The summed E-state index contributed by atoms with van der Waals surface area (Å²) >= 11 is -4.78. The molecule has 0 amide bonds. The minimum Gasteiger partial charge on any atom is -0.281 e. The number of hydrogen-bond donors (Lipinski definition) is 0. The van der Waals surface area contributed by atoms with Crippen LogP contribution in [0.4, 0.5) is 0 Å². The van der Waals surface area contributed by atoms with Crippen molar-refractivity contribution < 1.29 is 33.7 Å². The maximum absolute atomic E-state index is 8.35. The summed E-state index contributed by atoms with van der Waals surface area (Å²) < 4.78 is 0. The van der Waals surface area contributed by atoms with E-state index in [1.54, 1.807) is 0 Å². The first-order chi connectivity index (χ1) is 6.12. The van der Waals surface area contributed by atoms with Crippen molar-refractivity contribution in [1.82, 2.24) is 0 Å². The summed E-state index contributed by atoms with van der Waals surface area (Å²) in [5, 5.41) is 41.8. The molecule has 0 aromatic heterocycles. The maximum atomic E-state index is 8.35. The van der Waals surface area contributed by atoms with Crippen LogP contribution < -0.4 is 0 Å². The first-order valence-electron chi connectivity index (χ1n) is 2.21. The Morgan fingerprint density at radius 3 is 0.857 bits per heavy atom. The molecule has 0 bridgehead atoms. The van der Waals surface area contributed by atoms with E-state index in [1.165, 1.54) is 24.8 Å². The third-order valence-electron chi connectivity index (χ3n) is 0.791. The topological polar surface area (TPSA) is 136 Å². The second-order valence-corrected chi connectivity index (χ2v) is 5.27. The zero-order chi connectivity index (χ0) is 11.0. The van der Waals surface area contributed by atoms with Gasteiger partial charge in [0.15, 0.2) is 0 Å². The average molecular weight is 270 g/mol. The van der Waals surface area contributed by atoms with Gasteiger partial charge in [-0.05, 0) is 0 Å². The molecule has 6 nitrogen and oxygen atoms in total. The normalized spacial score (nSPS) is 9.21. The fraction of sp³-hybridized carbons (Fsp3) is 0. The fourth-order valence-electron chi connectivity index (χ4n) is 0.177. The van der Waals surface area contributed by atoms with Gasteiger partial charge in [-0.3, -0.25) is 4.79 Å². The zero-order valence-corrected chi connectivity index (χ0v) is 8.56. The monoisotopic (exact) mass is 270 g/mol. The largest absolute Gasteiger partial charge is 3.00 e. The molecule has 3 radical (unpaired) electrons. The van der Waals surface area contributed by atoms with Gasteiger partial charge in [-0.25, -0.2) is 0 Å². The standard InChI is InChI=1S/5CN.CO.2Fe/c6*1-2;;/q;;;;;;-3;+3. The van der Waals surface area contributed by atoms with Gasteiger partial charge in [0.05, 0.1) is 0 Å². The molecule has 0 heterocycles. The predicted molar refractivity (Wildman–Crippen MR) is 33.8 cm³/mol. The Hall–Kier alpha value is -1.84. The van der Waals surface area contributed by atoms with E-state index in [2.05, 4.69) is 6.79 Å². The van der Waals surface area contributed by atoms with Gasteiger partial charge in [0.1, 0.15) is 0 Å². The summed E-state index contributed by atoms with van der Waals surface area (Å²) in [5.41, 5.74) is 0. The fourth-order valence-corrected chi connectivity index (χ4v) is 0.729. The second kappa shape index (κ2) is 6.65. The molecule has 0 aromatic rings. The van der Waals surface area contributed by atoms with Crippen molar-refractivity contribution in [2.45, 2.75) is 0 Å². The van der Waals surface area contributed by atoms with Gasteiger partial charge in [0, 0.05) is 0 Å². The van der Waals surface area contributed by atoms with Gasteiger partial charge < -0.3 is 0 Å². The third-order valence-corrected chi connectivity index (χ3v) is 3.26. The molecule has 0 N–H and O–H groups in total. The Bertz CT molecular complexity index is 313. The van der Waals surface area contributed by atoms with Crippen LogP contribution in [0.15, 0.2) is 0 Å². The van der Waals surface area contributed by atoms with Gasteiger partial charge in [0.25, 0.3) is 6.79 Å². The molecule has 0 atom stereocenters. The van der Waals surface area contributed by atoms with Crippen molar-refractivity contribution >= 4 is 6.79 Å². The number of nitrogens with zero attached hydrogens (tertiary/aromatic N) is 5. The van der Waals surface area contributed by atoms with E-state index < -0.39 is 11.8 Å². The van der Waals surface area contributed by atoms with Crippen LogP contribution in [0.25, 0.3) is 0 Å². The SMILES string of the molecule is N#[C][Fe-3]([C]#N)([C]#N)([C]#N)[C]#N.[C]=O.[Fe+3]. The molecule has 0 aliphatic heterocycles. The Morgan fingerprint density at radius 2 is 0.857 bits per heavy atom. The van der Waals surface area contributed by atoms with E-state index in [-0.39, 0.29) is 17.1 Å². The summed E-state index contributed by atoms with van der Waals surface area (Å²) in [7, 11) is 0. The van der Waals surface area contributed by atoms with Crippen LogP contribution in [0, 0.1) is 51.1 Å². The molecule has 0 aliphatic rings. The minimum atomic E-state index is -4.78. The molecule has 14 heavy (non-hydrogen) atoms. The molecule has 0 rings (SSSR count). The van der Waals surface area contributed by atoms with E-state index in [4.69, 9.17) is 31.1 Å². The van der Waals surface area contributed by atoms with Crippen molar-refractivity contribution in [3.8, 4) is 24.8 Å². The van der Waals surface area contributed by atoms with Crippen LogP contribution >= 0.6 is 0 Å². The number of rotatable bonds is 0. The third kappa shape index (κ3) is 2.58. The average Bonchev–Trinajstić information content (AvgIpc) is 2.27. The molecule has 0 aliphatic carbocycles. The van der Waals surface area contributed by atoms with Gasteiger partial charge in [-0.15, -0.1) is 0 Å². The van der Waals surface area contributed by atoms with Crippen molar-refractivity contribution in [2.24, 2.45) is 0 Å². The number of carbonyl (C=O) groups excluding carboxylic acids is 1. The Morgan fingerprint density at radius 1 is 0.714 bits per heavy atom. The Labute approximate surface area is 91.6 Å². The predicted octanol–water partition coefficient (Wildman–Crippen LogP) is -0.318. The van der Waals surface area contributed by atoms with E-state index in [0.29, 0.717) is 0 Å². The van der Waals surface area contributed by atoms with Crippen molar-refractivity contribution in [2.75, 3.05) is 0 Å². The van der Waals surface area contributed by atoms with Crippen LogP contribution in [-0.2, 0) is 33.7 Å². The van der Waals surface area contributed by atoms with Crippen LogP contribution in [0.1, 0.15) is 0 Å². The molecule has 0 spiro atoms. The number of nitriles is 5. The van der Waals surface area contributed by atoms with Gasteiger partial charge in [-0.2, -0.15) is 0 Å². The first-order valence-corrected chi connectivity index (χ1v) is 4.97. The minimum absolute atomic E-state index is 0. The quantitative estimate of drug-likeness (QED) is 0.553. The van der Waals surface area contributed by atoms with Crippen LogP contribution in [0.5, 0.6) is 0 Å². The van der Waals surface area contributed by atoms with E-state index >= 15 is 0 Å². The van der Waals surface area contributed by atoms with Gasteiger partial charge in [0.2, 0.25) is 0 Å². The molecule has 0 saturated heterocycles. The van der Waals surface area contributed by atoms with Crippen LogP contribution in [-0.4, -0.2) is 6.79 Å². The molecular formula is C6Fe2N5O. The van der Waals surface area contributed by atoms with E-state index in [1.807, 2.05) is 0 Å². The van der Waals surface area contributed by atoms with E-state index in [9.17, 15) is 0 Å². The van der Waals surface area contributed by atoms with Crippen molar-refractivity contribution in [3.63, 3.8) is 0 Å². The summed E-state index contributed by atoms with van der Waals surface area (Å²) in [4.78, 5) is 13.6. The molecule has 71 valence electrons. The van der Waals surface area contributed by atoms with Crippen LogP contribution in [0.3, 0.4) is 0 Å². The van der Waals surface area contributed by atoms with Crippen molar-refractivity contribution in [3.05, 3.63) is 0 Å². The summed E-state index contributed by atoms with van der Waals surface area (Å²) in [6.07, 6.45) is 0. The molecular weight excluding hydrogens is 270 g/mol. The second-order valence-electron chi connectivity index (χ2n) is 1.28. The van der Waals surface area contributed by atoms with Crippen molar-refractivity contribution in [1.29, 1.82) is 26.3 Å². The first kappa shape index (κ1) is 18.0. The molecule has 0 aromatic carbocycles.